The van der Waals surface area contributed by atoms with Crippen LogP contribution >= 0.6 is 0 Å². The number of nitrogens with one attached hydrogen (secondary N) is 2. The van der Waals surface area contributed by atoms with Crippen LogP contribution in [-0.2, 0) is 16.2 Å². The van der Waals surface area contributed by atoms with Gasteiger partial charge in [0.1, 0.15) is 12.4 Å². The Morgan fingerprint density at radius 2 is 1.63 bits per heavy atom. The molecule has 5 nitrogen and oxygen atoms in total. The topological polar surface area (TPSA) is 67.4 Å². The summed E-state index contributed by atoms with van der Waals surface area (Å²) in [5, 5.41) is 6.53. The lowest BCUT2D eigenvalue weighted by Crippen LogP contribution is -2.39. The predicted molar refractivity (Wildman–Crippen MR) is 151 cm³/mol. The van der Waals surface area contributed by atoms with E-state index in [1.807, 2.05) is 92.7 Å². The van der Waals surface area contributed by atoms with Crippen molar-refractivity contribution in [1.82, 2.24) is 5.32 Å². The zero-order chi connectivity index (χ0) is 26.9. The number of allylic oxidation sites excluding steroid dienone is 3. The van der Waals surface area contributed by atoms with E-state index < -0.39 is 5.92 Å². The molecule has 1 unspecified atom stereocenters. The van der Waals surface area contributed by atoms with Gasteiger partial charge in [-0.05, 0) is 60.6 Å². The van der Waals surface area contributed by atoms with E-state index in [1.54, 1.807) is 0 Å². The molecule has 0 aromatic heterocycles. The molecule has 0 radical (unpaired) electrons. The fourth-order valence-corrected chi connectivity index (χ4v) is 5.47. The Balaban J connectivity index is 1.49. The zero-order valence-corrected chi connectivity index (χ0v) is 22.4. The van der Waals surface area contributed by atoms with Gasteiger partial charge in [0.25, 0.3) is 5.91 Å². The molecular formula is C33H34N2O3. The highest BCUT2D eigenvalue weighted by Crippen LogP contribution is 2.47. The number of hydrogen-bond donors (Lipinski definition) is 2. The molecule has 3 aromatic rings. The minimum Gasteiger partial charge on any atom is -0.489 e. The monoisotopic (exact) mass is 506 g/mol. The summed E-state index contributed by atoms with van der Waals surface area (Å²) in [5.74, 6) is 0.167. The lowest BCUT2D eigenvalue weighted by atomic mass is 9.68. The summed E-state index contributed by atoms with van der Waals surface area (Å²) in [5.41, 5.74) is 6.55. The summed E-state index contributed by atoms with van der Waals surface area (Å²) in [6.07, 6.45) is 1.21. The molecule has 1 heterocycles. The van der Waals surface area contributed by atoms with Crippen molar-refractivity contribution in [2.24, 2.45) is 5.41 Å². The van der Waals surface area contributed by atoms with Crippen LogP contribution in [0.3, 0.4) is 0 Å². The Morgan fingerprint density at radius 1 is 0.947 bits per heavy atom. The van der Waals surface area contributed by atoms with E-state index in [1.165, 1.54) is 0 Å². The van der Waals surface area contributed by atoms with Crippen LogP contribution in [0, 0.1) is 12.3 Å². The quantitative estimate of drug-likeness (QED) is 0.385. The smallest absolute Gasteiger partial charge is 0.254 e. The number of aryl methyl sites for hydroxylation is 1. The van der Waals surface area contributed by atoms with Crippen LogP contribution in [0.25, 0.3) is 0 Å². The van der Waals surface area contributed by atoms with Crippen LogP contribution in [0.5, 0.6) is 5.75 Å². The number of hydrogen-bond acceptors (Lipinski definition) is 4. The van der Waals surface area contributed by atoms with Gasteiger partial charge in [-0.2, -0.15) is 0 Å². The van der Waals surface area contributed by atoms with Gasteiger partial charge in [0, 0.05) is 40.6 Å². The third kappa shape index (κ3) is 5.28. The summed E-state index contributed by atoms with van der Waals surface area (Å²) in [6.45, 7) is 8.59. The summed E-state index contributed by atoms with van der Waals surface area (Å²) >= 11 is 0. The molecule has 0 fully saturated rings. The van der Waals surface area contributed by atoms with Crippen LogP contribution in [-0.4, -0.2) is 11.7 Å². The maximum atomic E-state index is 13.8. The molecule has 1 aliphatic carbocycles. The Labute approximate surface area is 224 Å². The van der Waals surface area contributed by atoms with Crippen LogP contribution in [0.15, 0.2) is 101 Å². The normalized spacial score (nSPS) is 18.5. The van der Waals surface area contributed by atoms with Crippen molar-refractivity contribution in [3.8, 4) is 5.75 Å². The van der Waals surface area contributed by atoms with E-state index in [0.29, 0.717) is 24.2 Å². The molecule has 0 spiro atoms. The largest absolute Gasteiger partial charge is 0.489 e. The summed E-state index contributed by atoms with van der Waals surface area (Å²) < 4.78 is 5.99. The number of ether oxygens (including phenoxy) is 1. The zero-order valence-electron chi connectivity index (χ0n) is 22.4. The molecule has 0 bridgehead atoms. The molecule has 38 heavy (non-hydrogen) atoms. The number of Topliss-reactive ketones (excluding diaryl/α,β-unsaturated/α-hetero) is 1. The first kappa shape index (κ1) is 25.5. The van der Waals surface area contributed by atoms with E-state index in [9.17, 15) is 9.59 Å². The first-order chi connectivity index (χ1) is 18.2. The fraction of sp³-hybridized carbons (Fsp3) is 0.273. The summed E-state index contributed by atoms with van der Waals surface area (Å²) in [4.78, 5) is 27.3. The molecule has 2 aliphatic rings. The molecule has 3 aromatic carbocycles. The molecule has 0 saturated carbocycles. The SMILES string of the molecule is CC1=C(C(=O)Nc2ccccc2C)C(c2ccc(OCc3ccccc3)cc2)C2=C(CC(C)(C)CC2=O)N1. The Bertz CT molecular complexity index is 1430. The van der Waals surface area contributed by atoms with Gasteiger partial charge in [0.2, 0.25) is 0 Å². The standard InChI is InChI=1S/C33H34N2O3/c1-21-10-8-9-13-26(21)35-32(37)29-22(2)34-27-18-33(3,4)19-28(36)31(27)30(29)24-14-16-25(17-15-24)38-20-23-11-6-5-7-12-23/h5-17,30,34H,18-20H2,1-4H3,(H,35,37). The average molecular weight is 507 g/mol. The second kappa shape index (κ2) is 10.3. The van der Waals surface area contributed by atoms with Crippen molar-refractivity contribution in [2.75, 3.05) is 5.32 Å². The molecule has 2 N–H and O–H groups in total. The van der Waals surface area contributed by atoms with Crippen molar-refractivity contribution < 1.29 is 14.3 Å². The number of rotatable bonds is 6. The number of dihydropyridines is 1. The number of para-hydroxylation sites is 1. The van der Waals surface area contributed by atoms with Gasteiger partial charge in [0.05, 0.1) is 0 Å². The van der Waals surface area contributed by atoms with Gasteiger partial charge < -0.3 is 15.4 Å². The van der Waals surface area contributed by atoms with Gasteiger partial charge in [-0.25, -0.2) is 0 Å². The van der Waals surface area contributed by atoms with E-state index in [4.69, 9.17) is 4.74 Å². The van der Waals surface area contributed by atoms with Crippen molar-refractivity contribution >= 4 is 17.4 Å². The average Bonchev–Trinajstić information content (AvgIpc) is 2.88. The molecule has 5 rings (SSSR count). The van der Waals surface area contributed by atoms with Crippen molar-refractivity contribution in [2.45, 2.75) is 53.1 Å². The lowest BCUT2D eigenvalue weighted by molar-refractivity contribution is -0.118. The fourth-order valence-electron chi connectivity index (χ4n) is 5.47. The van der Waals surface area contributed by atoms with Gasteiger partial charge in [-0.1, -0.05) is 74.5 Å². The number of ketones is 1. The maximum absolute atomic E-state index is 13.8. The lowest BCUT2D eigenvalue weighted by Gasteiger charge is -2.39. The van der Waals surface area contributed by atoms with Gasteiger partial charge in [-0.3, -0.25) is 9.59 Å². The van der Waals surface area contributed by atoms with Crippen LogP contribution in [0.1, 0.15) is 56.2 Å². The van der Waals surface area contributed by atoms with Gasteiger partial charge in [-0.15, -0.1) is 0 Å². The van der Waals surface area contributed by atoms with Crippen molar-refractivity contribution in [3.63, 3.8) is 0 Å². The Morgan fingerprint density at radius 3 is 2.34 bits per heavy atom. The van der Waals surface area contributed by atoms with E-state index in [0.717, 1.165) is 45.9 Å². The highest BCUT2D eigenvalue weighted by Gasteiger charge is 2.42. The minimum absolute atomic E-state index is 0.0897. The maximum Gasteiger partial charge on any atom is 0.254 e. The molecular weight excluding hydrogens is 472 g/mol. The first-order valence-electron chi connectivity index (χ1n) is 13.1. The second-order valence-corrected chi connectivity index (χ2v) is 11.0. The third-order valence-corrected chi connectivity index (χ3v) is 7.34. The molecule has 1 aliphatic heterocycles. The number of anilines is 1. The molecule has 1 amide bonds. The molecule has 1 atom stereocenters. The van der Waals surface area contributed by atoms with E-state index in [2.05, 4.69) is 24.5 Å². The number of benzene rings is 3. The molecule has 194 valence electrons. The first-order valence-corrected chi connectivity index (χ1v) is 13.1. The van der Waals surface area contributed by atoms with Crippen molar-refractivity contribution in [1.29, 1.82) is 0 Å². The Hall–Kier alpha value is -4.12. The molecule has 5 heteroatoms. The highest BCUT2D eigenvalue weighted by atomic mass is 16.5. The third-order valence-electron chi connectivity index (χ3n) is 7.34. The van der Waals surface area contributed by atoms with Gasteiger partial charge in [0.15, 0.2) is 5.78 Å². The van der Waals surface area contributed by atoms with Gasteiger partial charge >= 0.3 is 0 Å². The molecule has 0 saturated heterocycles. The van der Waals surface area contributed by atoms with Crippen LogP contribution < -0.4 is 15.4 Å². The Kier molecular flexibility index (Phi) is 6.94. The van der Waals surface area contributed by atoms with Crippen LogP contribution in [0.2, 0.25) is 0 Å². The minimum atomic E-state index is -0.456. The number of amides is 1. The number of carbonyl (C=O) groups excluding carboxylic acids is 2. The number of carbonyl (C=O) groups is 2. The summed E-state index contributed by atoms with van der Waals surface area (Å²) in [6, 6.07) is 25.5. The summed E-state index contributed by atoms with van der Waals surface area (Å²) in [7, 11) is 0. The highest BCUT2D eigenvalue weighted by molar-refractivity contribution is 6.10. The second-order valence-electron chi connectivity index (χ2n) is 11.0. The van der Waals surface area contributed by atoms with E-state index >= 15 is 0 Å². The van der Waals surface area contributed by atoms with Crippen molar-refractivity contribution in [3.05, 3.63) is 118 Å². The predicted octanol–water partition coefficient (Wildman–Crippen LogP) is 6.82. The van der Waals surface area contributed by atoms with Crippen LogP contribution in [0.4, 0.5) is 5.69 Å². The van der Waals surface area contributed by atoms with E-state index in [-0.39, 0.29) is 17.1 Å².